The van der Waals surface area contributed by atoms with Gasteiger partial charge in [0.2, 0.25) is 0 Å². The fourth-order valence-electron chi connectivity index (χ4n) is 0.856. The molecule has 1 aliphatic rings. The average Bonchev–Trinajstić information content (AvgIpc) is 1.90. The van der Waals surface area contributed by atoms with Crippen LogP contribution in [0.2, 0.25) is 0 Å². The van der Waals surface area contributed by atoms with Crippen LogP contribution in [0.15, 0.2) is 24.3 Å². The Labute approximate surface area is 80.2 Å². The summed E-state index contributed by atoms with van der Waals surface area (Å²) in [6.07, 6.45) is 14.0. The summed E-state index contributed by atoms with van der Waals surface area (Å²) in [5, 5.41) is 0. The Bertz CT molecular complexity index is 81.8. The van der Waals surface area contributed by atoms with Crippen LogP contribution in [0.5, 0.6) is 0 Å². The molecule has 10 heavy (non-hydrogen) atoms. The van der Waals surface area contributed by atoms with E-state index in [0.717, 1.165) is 0 Å². The van der Waals surface area contributed by atoms with Crippen LogP contribution in [0.3, 0.4) is 0 Å². The van der Waals surface area contributed by atoms with Crippen molar-refractivity contribution < 1.29 is 16.9 Å². The van der Waals surface area contributed by atoms with Gasteiger partial charge in [-0.25, -0.2) is 0 Å². The molecule has 1 rings (SSSR count). The van der Waals surface area contributed by atoms with Crippen molar-refractivity contribution in [2.75, 3.05) is 0 Å². The Morgan fingerprint density at radius 1 is 0.700 bits per heavy atom. The summed E-state index contributed by atoms with van der Waals surface area (Å²) in [6.45, 7) is 0. The molecular formula is C8H12BrIr. The second-order valence-electron chi connectivity index (χ2n) is 2.10. The number of hydrogen-bond donors (Lipinski definition) is 0. The maximum absolute atomic E-state index is 2.94. The molecule has 0 fully saturated rings. The third-order valence-corrected chi connectivity index (χ3v) is 1.33. The molecule has 0 saturated heterocycles. The van der Waals surface area contributed by atoms with E-state index in [4.69, 9.17) is 0 Å². The molecule has 0 bridgehead atoms. The molecule has 0 saturated carbocycles. The SMILES string of the molecule is C1=CCCC=CCC1.[Br][Ir]. The summed E-state index contributed by atoms with van der Waals surface area (Å²) < 4.78 is 0. The normalized spacial score (nSPS) is 16.7. The van der Waals surface area contributed by atoms with Gasteiger partial charge in [0.15, 0.2) is 0 Å². The molecule has 0 amide bonds. The number of hydrogen-bond acceptors (Lipinski definition) is 0. The van der Waals surface area contributed by atoms with Crippen molar-refractivity contribution in [2.24, 2.45) is 0 Å². The third-order valence-electron chi connectivity index (χ3n) is 1.33. The quantitative estimate of drug-likeness (QED) is 0.565. The Hall–Kier alpha value is 0.609. The molecule has 2 heteroatoms. The molecule has 60 valence electrons. The molecule has 0 spiro atoms. The van der Waals surface area contributed by atoms with Gasteiger partial charge in [-0.1, -0.05) is 24.3 Å². The molecule has 0 aliphatic heterocycles. The van der Waals surface area contributed by atoms with Crippen molar-refractivity contribution in [3.05, 3.63) is 24.3 Å². The van der Waals surface area contributed by atoms with E-state index in [9.17, 15) is 0 Å². The molecule has 1 aliphatic carbocycles. The van der Waals surface area contributed by atoms with Gasteiger partial charge in [-0.3, -0.25) is 0 Å². The van der Waals surface area contributed by atoms with Crippen LogP contribution in [0, 0.1) is 0 Å². The van der Waals surface area contributed by atoms with Gasteiger partial charge in [0, 0.05) is 0 Å². The van der Waals surface area contributed by atoms with Crippen LogP contribution in [-0.4, -0.2) is 0 Å². The predicted octanol–water partition coefficient (Wildman–Crippen LogP) is 3.52. The fraction of sp³-hybridized carbons (Fsp3) is 0.500. The van der Waals surface area contributed by atoms with E-state index in [0.29, 0.717) is 0 Å². The fourth-order valence-corrected chi connectivity index (χ4v) is 0.856. The Balaban J connectivity index is 0.000000371. The number of allylic oxidation sites excluding steroid dienone is 4. The first-order valence-corrected chi connectivity index (χ1v) is 8.66. The monoisotopic (exact) mass is 380 g/mol. The Morgan fingerprint density at radius 2 is 0.900 bits per heavy atom. The second kappa shape index (κ2) is 9.61. The number of rotatable bonds is 0. The van der Waals surface area contributed by atoms with Crippen LogP contribution in [-0.2, 0) is 16.9 Å². The van der Waals surface area contributed by atoms with Gasteiger partial charge >= 0.3 is 30.4 Å². The Kier molecular flexibility index (Phi) is 10.2. The molecule has 0 unspecified atom stereocenters. The Morgan fingerprint density at radius 3 is 1.10 bits per heavy atom. The zero-order valence-corrected chi connectivity index (χ0v) is 9.83. The molecular weight excluding hydrogens is 368 g/mol. The molecule has 0 atom stereocenters. The van der Waals surface area contributed by atoms with Crippen molar-refractivity contribution in [3.63, 3.8) is 0 Å². The van der Waals surface area contributed by atoms with E-state index >= 15 is 0 Å². The standard InChI is InChI=1S/C8H12.BrH.Ir/c1-2-4-6-8-7-5-3-1;;/h1-2,7-8H,3-6H2;1H;/q;;+1/p-1. The third kappa shape index (κ3) is 6.73. The molecule has 0 nitrogen and oxygen atoms in total. The summed E-state index contributed by atoms with van der Waals surface area (Å²) >= 11 is 4.75. The second-order valence-corrected chi connectivity index (χ2v) is 2.10. The van der Waals surface area contributed by atoms with Gasteiger partial charge in [0.05, 0.1) is 0 Å². The first kappa shape index (κ1) is 10.6. The van der Waals surface area contributed by atoms with Crippen LogP contribution >= 0.6 is 13.5 Å². The number of halogens is 1. The van der Waals surface area contributed by atoms with Gasteiger partial charge in [-0.2, -0.15) is 0 Å². The van der Waals surface area contributed by atoms with Crippen molar-refractivity contribution in [2.45, 2.75) is 25.7 Å². The molecule has 0 aromatic carbocycles. The van der Waals surface area contributed by atoms with Gasteiger partial charge in [-0.15, -0.1) is 0 Å². The van der Waals surface area contributed by atoms with E-state index in [1.165, 1.54) is 25.7 Å². The van der Waals surface area contributed by atoms with Crippen LogP contribution in [0.1, 0.15) is 25.7 Å². The maximum atomic E-state index is 2.94. The summed E-state index contributed by atoms with van der Waals surface area (Å²) in [4.78, 5) is 0. The average molecular weight is 380 g/mol. The van der Waals surface area contributed by atoms with Crippen molar-refractivity contribution in [1.82, 2.24) is 0 Å². The predicted molar refractivity (Wildman–Crippen MR) is 45.7 cm³/mol. The zero-order chi connectivity index (χ0) is 7.66. The van der Waals surface area contributed by atoms with E-state index < -0.39 is 0 Å². The van der Waals surface area contributed by atoms with Crippen molar-refractivity contribution >= 4 is 13.5 Å². The first-order valence-electron chi connectivity index (χ1n) is 3.43. The van der Waals surface area contributed by atoms with Crippen molar-refractivity contribution in [3.8, 4) is 0 Å². The van der Waals surface area contributed by atoms with Gasteiger partial charge in [0.1, 0.15) is 0 Å². The summed E-state index contributed by atoms with van der Waals surface area (Å²) in [7, 11) is 0. The molecule has 0 N–H and O–H groups in total. The molecule has 0 radical (unpaired) electrons. The van der Waals surface area contributed by atoms with Gasteiger partial charge in [0.25, 0.3) is 0 Å². The minimum atomic E-state index is 1.23. The molecule has 0 aromatic rings. The van der Waals surface area contributed by atoms with E-state index in [2.05, 4.69) is 37.8 Å². The van der Waals surface area contributed by atoms with Gasteiger partial charge in [-0.05, 0) is 25.7 Å². The zero-order valence-electron chi connectivity index (χ0n) is 5.85. The van der Waals surface area contributed by atoms with Crippen molar-refractivity contribution in [1.29, 1.82) is 0 Å². The minimum absolute atomic E-state index is 1.23. The van der Waals surface area contributed by atoms with E-state index in [1.807, 2.05) is 16.9 Å². The molecule has 0 heterocycles. The van der Waals surface area contributed by atoms with Gasteiger partial charge < -0.3 is 0 Å². The van der Waals surface area contributed by atoms with Crippen LogP contribution < -0.4 is 0 Å². The summed E-state index contributed by atoms with van der Waals surface area (Å²) in [6, 6.07) is 0. The molecule has 0 aromatic heterocycles. The van der Waals surface area contributed by atoms with E-state index in [1.54, 1.807) is 0 Å². The first-order chi connectivity index (χ1) is 5.00. The van der Waals surface area contributed by atoms with Crippen LogP contribution in [0.4, 0.5) is 0 Å². The summed E-state index contributed by atoms with van der Waals surface area (Å²) in [5.74, 6) is 0. The van der Waals surface area contributed by atoms with E-state index in [-0.39, 0.29) is 0 Å². The van der Waals surface area contributed by atoms with Crippen LogP contribution in [0.25, 0.3) is 0 Å². The summed E-state index contributed by atoms with van der Waals surface area (Å²) in [5.41, 5.74) is 0. The topological polar surface area (TPSA) is 0 Å².